The van der Waals surface area contributed by atoms with Crippen LogP contribution in [0.1, 0.15) is 29.3 Å². The van der Waals surface area contributed by atoms with Crippen LogP contribution in [-0.4, -0.2) is 0 Å². The number of nitrogens with one attached hydrogen (secondary N) is 1. The van der Waals surface area contributed by atoms with E-state index in [-0.39, 0.29) is 6.04 Å². The first kappa shape index (κ1) is 10.3. The second-order valence-corrected chi connectivity index (χ2v) is 3.88. The van der Waals surface area contributed by atoms with Crippen molar-refractivity contribution in [3.05, 3.63) is 21.9 Å². The summed E-state index contributed by atoms with van der Waals surface area (Å²) < 4.78 is 0. The highest BCUT2D eigenvalue weighted by atomic mass is 32.1. The maximum absolute atomic E-state index is 5.46. The Hall–Kier alpha value is -0.820. The molecule has 13 heavy (non-hydrogen) atoms. The predicted molar refractivity (Wildman–Crippen MR) is 57.2 cm³/mol. The molecule has 0 bridgehead atoms. The van der Waals surface area contributed by atoms with Crippen molar-refractivity contribution < 1.29 is 0 Å². The first-order valence-electron chi connectivity index (χ1n) is 4.23. The van der Waals surface area contributed by atoms with Crippen molar-refractivity contribution in [2.45, 2.75) is 25.8 Å². The molecule has 1 heterocycles. The summed E-state index contributed by atoms with van der Waals surface area (Å²) in [5.74, 6) is 8.08. The molecule has 0 fully saturated rings. The molecule has 0 spiro atoms. The summed E-state index contributed by atoms with van der Waals surface area (Å²) in [6, 6.07) is 2.30. The van der Waals surface area contributed by atoms with Gasteiger partial charge in [0, 0.05) is 11.3 Å². The zero-order chi connectivity index (χ0) is 9.68. The Bertz CT molecular complexity index is 298. The number of hydrazine groups is 1. The Morgan fingerprint density at radius 2 is 2.54 bits per heavy atom. The van der Waals surface area contributed by atoms with Gasteiger partial charge >= 0.3 is 0 Å². The highest BCUT2D eigenvalue weighted by Gasteiger charge is 2.12. The van der Waals surface area contributed by atoms with Gasteiger partial charge in [0.15, 0.2) is 0 Å². The molecule has 0 saturated carbocycles. The van der Waals surface area contributed by atoms with Crippen molar-refractivity contribution in [3.8, 4) is 12.3 Å². The summed E-state index contributed by atoms with van der Waals surface area (Å²) >= 11 is 1.72. The van der Waals surface area contributed by atoms with Gasteiger partial charge in [-0.05, 0) is 30.4 Å². The number of thiophene rings is 1. The van der Waals surface area contributed by atoms with Gasteiger partial charge in [0.05, 0.1) is 6.04 Å². The second-order valence-electron chi connectivity index (χ2n) is 2.93. The number of terminal acetylenes is 1. The normalized spacial score (nSPS) is 12.4. The molecule has 3 heteroatoms. The van der Waals surface area contributed by atoms with Crippen LogP contribution >= 0.6 is 11.3 Å². The molecule has 0 saturated heterocycles. The molecular weight excluding hydrogens is 180 g/mol. The highest BCUT2D eigenvalue weighted by molar-refractivity contribution is 7.10. The van der Waals surface area contributed by atoms with Gasteiger partial charge in [-0.15, -0.1) is 23.7 Å². The van der Waals surface area contributed by atoms with E-state index in [0.29, 0.717) is 0 Å². The van der Waals surface area contributed by atoms with Gasteiger partial charge in [-0.2, -0.15) is 0 Å². The fourth-order valence-corrected chi connectivity index (χ4v) is 2.28. The summed E-state index contributed by atoms with van der Waals surface area (Å²) in [7, 11) is 0. The summed E-state index contributed by atoms with van der Waals surface area (Å²) in [6.45, 7) is 2.09. The van der Waals surface area contributed by atoms with E-state index in [0.717, 1.165) is 12.8 Å². The summed E-state index contributed by atoms with van der Waals surface area (Å²) in [6.07, 6.45) is 6.86. The fourth-order valence-electron chi connectivity index (χ4n) is 1.26. The Morgan fingerprint density at radius 1 is 1.77 bits per heavy atom. The van der Waals surface area contributed by atoms with Crippen molar-refractivity contribution in [2.75, 3.05) is 0 Å². The third-order valence-electron chi connectivity index (χ3n) is 2.00. The predicted octanol–water partition coefficient (Wildman–Crippen LogP) is 1.97. The van der Waals surface area contributed by atoms with Gasteiger partial charge in [0.2, 0.25) is 0 Å². The van der Waals surface area contributed by atoms with Crippen molar-refractivity contribution in [3.63, 3.8) is 0 Å². The fraction of sp³-hybridized carbons (Fsp3) is 0.400. The monoisotopic (exact) mass is 194 g/mol. The average molecular weight is 194 g/mol. The molecule has 1 aromatic heterocycles. The summed E-state index contributed by atoms with van der Waals surface area (Å²) in [5.41, 5.74) is 4.08. The molecule has 0 aliphatic rings. The lowest BCUT2D eigenvalue weighted by Crippen LogP contribution is -2.27. The minimum absolute atomic E-state index is 0.205. The van der Waals surface area contributed by atoms with Crippen molar-refractivity contribution in [1.29, 1.82) is 0 Å². The van der Waals surface area contributed by atoms with Gasteiger partial charge in [0.25, 0.3) is 0 Å². The van der Waals surface area contributed by atoms with Gasteiger partial charge in [0.1, 0.15) is 0 Å². The van der Waals surface area contributed by atoms with E-state index in [1.54, 1.807) is 11.3 Å². The number of nitrogens with two attached hydrogens (primary N) is 1. The lowest BCUT2D eigenvalue weighted by atomic mass is 10.1. The molecule has 0 aromatic carbocycles. The standard InChI is InChI=1S/C10H14N2S/c1-3-4-5-9(12-11)10-8(2)6-7-13-10/h1,6-7,9,12H,4-5,11H2,2H3. The van der Waals surface area contributed by atoms with Crippen LogP contribution in [0.4, 0.5) is 0 Å². The van der Waals surface area contributed by atoms with Crippen LogP contribution in [-0.2, 0) is 0 Å². The largest absolute Gasteiger partial charge is 0.271 e. The van der Waals surface area contributed by atoms with Gasteiger partial charge in [-0.3, -0.25) is 11.3 Å². The first-order chi connectivity index (χ1) is 6.29. The third-order valence-corrected chi connectivity index (χ3v) is 3.13. The second kappa shape index (κ2) is 5.03. The van der Waals surface area contributed by atoms with Crippen molar-refractivity contribution >= 4 is 11.3 Å². The van der Waals surface area contributed by atoms with E-state index in [4.69, 9.17) is 12.3 Å². The Balaban J connectivity index is 2.68. The lowest BCUT2D eigenvalue weighted by Gasteiger charge is -2.13. The third kappa shape index (κ3) is 2.56. The maximum Gasteiger partial charge on any atom is 0.0565 e. The highest BCUT2D eigenvalue weighted by Crippen LogP contribution is 2.26. The Morgan fingerprint density at radius 3 is 3.00 bits per heavy atom. The van der Waals surface area contributed by atoms with Crippen LogP contribution in [0.25, 0.3) is 0 Å². The Kier molecular flexibility index (Phi) is 3.97. The van der Waals surface area contributed by atoms with Crippen molar-refractivity contribution in [2.24, 2.45) is 5.84 Å². The van der Waals surface area contributed by atoms with Crippen molar-refractivity contribution in [1.82, 2.24) is 5.43 Å². The lowest BCUT2D eigenvalue weighted by molar-refractivity contribution is 0.530. The molecular formula is C10H14N2S. The molecule has 1 atom stereocenters. The van der Waals surface area contributed by atoms with Gasteiger partial charge in [-0.25, -0.2) is 0 Å². The zero-order valence-corrected chi connectivity index (χ0v) is 8.53. The Labute approximate surface area is 83.1 Å². The van der Waals surface area contributed by atoms with Crippen LogP contribution < -0.4 is 11.3 Å². The molecule has 0 amide bonds. The quantitative estimate of drug-likeness (QED) is 0.437. The van der Waals surface area contributed by atoms with Crippen LogP contribution in [0.15, 0.2) is 11.4 Å². The molecule has 70 valence electrons. The maximum atomic E-state index is 5.46. The topological polar surface area (TPSA) is 38.0 Å². The van der Waals surface area contributed by atoms with Crippen LogP contribution in [0.3, 0.4) is 0 Å². The van der Waals surface area contributed by atoms with Crippen LogP contribution in [0.5, 0.6) is 0 Å². The number of hydrogen-bond acceptors (Lipinski definition) is 3. The van der Waals surface area contributed by atoms with Crippen LogP contribution in [0, 0.1) is 19.3 Å². The zero-order valence-electron chi connectivity index (χ0n) is 7.71. The number of hydrogen-bond donors (Lipinski definition) is 2. The molecule has 1 unspecified atom stereocenters. The summed E-state index contributed by atoms with van der Waals surface area (Å²) in [5, 5.41) is 2.07. The van der Waals surface area contributed by atoms with Gasteiger partial charge < -0.3 is 0 Å². The first-order valence-corrected chi connectivity index (χ1v) is 5.11. The van der Waals surface area contributed by atoms with E-state index in [1.165, 1.54) is 10.4 Å². The van der Waals surface area contributed by atoms with Crippen LogP contribution in [0.2, 0.25) is 0 Å². The minimum atomic E-state index is 0.205. The SMILES string of the molecule is C#CCCC(NN)c1sccc1C. The van der Waals surface area contributed by atoms with E-state index >= 15 is 0 Å². The molecule has 2 nitrogen and oxygen atoms in total. The van der Waals surface area contributed by atoms with E-state index in [2.05, 4.69) is 29.7 Å². The van der Waals surface area contributed by atoms with Gasteiger partial charge in [-0.1, -0.05) is 0 Å². The molecule has 0 aliphatic carbocycles. The van der Waals surface area contributed by atoms with E-state index in [9.17, 15) is 0 Å². The molecule has 1 rings (SSSR count). The van der Waals surface area contributed by atoms with E-state index < -0.39 is 0 Å². The minimum Gasteiger partial charge on any atom is -0.271 e. The molecule has 1 aromatic rings. The number of aryl methyl sites for hydroxylation is 1. The summed E-state index contributed by atoms with van der Waals surface area (Å²) in [4.78, 5) is 1.29. The molecule has 0 aliphatic heterocycles. The molecule has 0 radical (unpaired) electrons. The average Bonchev–Trinajstić information content (AvgIpc) is 2.54. The molecule has 3 N–H and O–H groups in total. The number of rotatable bonds is 4. The smallest absolute Gasteiger partial charge is 0.0565 e. The van der Waals surface area contributed by atoms with E-state index in [1.807, 2.05) is 0 Å².